The van der Waals surface area contributed by atoms with Crippen molar-refractivity contribution in [1.29, 1.82) is 0 Å². The molecule has 0 aliphatic carbocycles. The minimum atomic E-state index is 0.379. The van der Waals surface area contributed by atoms with Crippen molar-refractivity contribution in [2.75, 3.05) is 0 Å². The molecule has 0 saturated carbocycles. The molecule has 1 N–H and O–H groups in total. The molecule has 2 aromatic rings. The van der Waals surface area contributed by atoms with Gasteiger partial charge in [-0.15, -0.1) is 11.3 Å². The van der Waals surface area contributed by atoms with E-state index in [0.717, 1.165) is 11.0 Å². The van der Waals surface area contributed by atoms with E-state index in [1.165, 1.54) is 16.0 Å². The summed E-state index contributed by atoms with van der Waals surface area (Å²) >= 11 is 5.28. The lowest BCUT2D eigenvalue weighted by Gasteiger charge is -2.14. The van der Waals surface area contributed by atoms with E-state index in [1.807, 2.05) is 11.3 Å². The summed E-state index contributed by atoms with van der Waals surface area (Å²) < 4.78 is 1.13. The summed E-state index contributed by atoms with van der Waals surface area (Å²) in [4.78, 5) is 1.42. The van der Waals surface area contributed by atoms with Crippen LogP contribution in [0.15, 0.2) is 40.2 Å². The minimum Gasteiger partial charge on any atom is -0.305 e. The first kappa shape index (κ1) is 12.8. The van der Waals surface area contributed by atoms with E-state index < -0.39 is 0 Å². The molecule has 0 spiro atoms. The zero-order valence-corrected chi connectivity index (χ0v) is 12.4. The van der Waals surface area contributed by atoms with Crippen LogP contribution in [0.4, 0.5) is 0 Å². The third-order valence-electron chi connectivity index (χ3n) is 2.91. The Balaban J connectivity index is 1.95. The first-order valence-electron chi connectivity index (χ1n) is 5.68. The smallest absolute Gasteiger partial charge is 0.0308 e. The molecule has 2 rings (SSSR count). The van der Waals surface area contributed by atoms with Crippen LogP contribution < -0.4 is 5.32 Å². The molecular weight excluding hydrogens is 294 g/mol. The normalized spacial score (nSPS) is 12.6. The number of hydrogen-bond acceptors (Lipinski definition) is 2. The molecule has 0 amide bonds. The van der Waals surface area contributed by atoms with E-state index in [1.54, 1.807) is 0 Å². The van der Waals surface area contributed by atoms with Crippen molar-refractivity contribution < 1.29 is 0 Å². The van der Waals surface area contributed by atoms with Gasteiger partial charge in [0.25, 0.3) is 0 Å². The molecule has 0 fully saturated rings. The Hall–Kier alpha value is -0.640. The molecule has 90 valence electrons. The van der Waals surface area contributed by atoms with Crippen LogP contribution in [0.25, 0.3) is 0 Å². The third-order valence-corrected chi connectivity index (χ3v) is 4.46. The van der Waals surface area contributed by atoms with Gasteiger partial charge in [-0.1, -0.05) is 28.1 Å². The van der Waals surface area contributed by atoms with Crippen LogP contribution in [0, 0.1) is 6.92 Å². The van der Waals surface area contributed by atoms with E-state index >= 15 is 0 Å². The summed E-state index contributed by atoms with van der Waals surface area (Å²) in [5.74, 6) is 0. The van der Waals surface area contributed by atoms with Gasteiger partial charge in [0.1, 0.15) is 0 Å². The summed E-state index contributed by atoms with van der Waals surface area (Å²) in [6.07, 6.45) is 0. The summed E-state index contributed by atoms with van der Waals surface area (Å²) in [5, 5.41) is 5.71. The van der Waals surface area contributed by atoms with Gasteiger partial charge in [0.2, 0.25) is 0 Å². The quantitative estimate of drug-likeness (QED) is 0.865. The van der Waals surface area contributed by atoms with Crippen molar-refractivity contribution >= 4 is 27.3 Å². The summed E-state index contributed by atoms with van der Waals surface area (Å²) in [5.41, 5.74) is 2.70. The van der Waals surface area contributed by atoms with Crippen LogP contribution in [0.5, 0.6) is 0 Å². The molecule has 0 unspecified atom stereocenters. The van der Waals surface area contributed by atoms with E-state index in [-0.39, 0.29) is 0 Å². The fourth-order valence-corrected chi connectivity index (χ4v) is 2.82. The van der Waals surface area contributed by atoms with Gasteiger partial charge >= 0.3 is 0 Å². The van der Waals surface area contributed by atoms with Crippen molar-refractivity contribution in [3.63, 3.8) is 0 Å². The lowest BCUT2D eigenvalue weighted by atomic mass is 10.1. The molecule has 1 aromatic heterocycles. The van der Waals surface area contributed by atoms with Crippen molar-refractivity contribution in [2.24, 2.45) is 0 Å². The lowest BCUT2D eigenvalue weighted by molar-refractivity contribution is 0.578. The Morgan fingerprint density at radius 2 is 1.94 bits per heavy atom. The maximum atomic E-state index is 3.56. The third kappa shape index (κ3) is 3.41. The van der Waals surface area contributed by atoms with Crippen molar-refractivity contribution in [1.82, 2.24) is 5.32 Å². The van der Waals surface area contributed by atoms with Crippen LogP contribution in [0.3, 0.4) is 0 Å². The van der Waals surface area contributed by atoms with E-state index in [2.05, 4.69) is 70.8 Å². The van der Waals surface area contributed by atoms with E-state index in [9.17, 15) is 0 Å². The number of aryl methyl sites for hydroxylation is 1. The average Bonchev–Trinajstić information content (AvgIpc) is 2.73. The Morgan fingerprint density at radius 1 is 1.24 bits per heavy atom. The highest BCUT2D eigenvalue weighted by atomic mass is 79.9. The van der Waals surface area contributed by atoms with Gasteiger partial charge < -0.3 is 5.32 Å². The highest BCUT2D eigenvalue weighted by Crippen LogP contribution is 2.19. The summed E-state index contributed by atoms with van der Waals surface area (Å²) in [6, 6.07) is 11.0. The van der Waals surface area contributed by atoms with Crippen molar-refractivity contribution in [3.8, 4) is 0 Å². The second-order valence-electron chi connectivity index (χ2n) is 4.18. The number of nitrogens with one attached hydrogen (secondary N) is 1. The Morgan fingerprint density at radius 3 is 2.53 bits per heavy atom. The Labute approximate surface area is 115 Å². The Kier molecular flexibility index (Phi) is 4.37. The molecule has 0 bridgehead atoms. The second-order valence-corrected chi connectivity index (χ2v) is 6.10. The van der Waals surface area contributed by atoms with Gasteiger partial charge in [-0.3, -0.25) is 0 Å². The number of benzene rings is 1. The van der Waals surface area contributed by atoms with Crippen LogP contribution >= 0.6 is 27.3 Å². The number of thiophene rings is 1. The molecule has 0 aliphatic heterocycles. The maximum Gasteiger partial charge on any atom is 0.0308 e. The average molecular weight is 310 g/mol. The summed E-state index contributed by atoms with van der Waals surface area (Å²) in [6.45, 7) is 5.31. The molecule has 1 heterocycles. The number of hydrogen-bond donors (Lipinski definition) is 1. The maximum absolute atomic E-state index is 3.56. The largest absolute Gasteiger partial charge is 0.305 e. The number of rotatable bonds is 4. The van der Waals surface area contributed by atoms with Crippen molar-refractivity contribution in [3.05, 3.63) is 56.2 Å². The molecule has 0 saturated heterocycles. The van der Waals surface area contributed by atoms with E-state index in [4.69, 9.17) is 0 Å². The highest BCUT2D eigenvalue weighted by molar-refractivity contribution is 9.10. The SMILES string of the molecule is Cc1ccsc1CN[C@@H](C)c1ccc(Br)cc1. The van der Waals surface area contributed by atoms with Gasteiger partial charge in [0.15, 0.2) is 0 Å². The first-order chi connectivity index (χ1) is 8.16. The van der Waals surface area contributed by atoms with Gasteiger partial charge in [0.05, 0.1) is 0 Å². The predicted octanol–water partition coefficient (Wildman–Crippen LogP) is 4.67. The van der Waals surface area contributed by atoms with Gasteiger partial charge in [0, 0.05) is 21.9 Å². The van der Waals surface area contributed by atoms with Gasteiger partial charge in [-0.2, -0.15) is 0 Å². The molecule has 3 heteroatoms. The monoisotopic (exact) mass is 309 g/mol. The molecule has 17 heavy (non-hydrogen) atoms. The molecule has 0 radical (unpaired) electrons. The van der Waals surface area contributed by atoms with E-state index in [0.29, 0.717) is 6.04 Å². The second kappa shape index (κ2) is 5.80. The zero-order chi connectivity index (χ0) is 12.3. The fraction of sp³-hybridized carbons (Fsp3) is 0.286. The van der Waals surface area contributed by atoms with Gasteiger partial charge in [-0.25, -0.2) is 0 Å². The molecule has 0 aliphatic rings. The minimum absolute atomic E-state index is 0.379. The van der Waals surface area contributed by atoms with Crippen molar-refractivity contribution in [2.45, 2.75) is 26.4 Å². The van der Waals surface area contributed by atoms with Crippen LogP contribution in [0.2, 0.25) is 0 Å². The van der Waals surface area contributed by atoms with Crippen LogP contribution in [0.1, 0.15) is 29.0 Å². The first-order valence-corrected chi connectivity index (χ1v) is 7.36. The molecular formula is C14H16BrNS. The predicted molar refractivity (Wildman–Crippen MR) is 78.5 cm³/mol. The fourth-order valence-electron chi connectivity index (χ4n) is 1.70. The number of halogens is 1. The van der Waals surface area contributed by atoms with Gasteiger partial charge in [-0.05, 0) is 48.6 Å². The highest BCUT2D eigenvalue weighted by Gasteiger charge is 2.06. The summed E-state index contributed by atoms with van der Waals surface area (Å²) in [7, 11) is 0. The van der Waals surface area contributed by atoms with Crippen LogP contribution in [-0.4, -0.2) is 0 Å². The lowest BCUT2D eigenvalue weighted by Crippen LogP contribution is -2.17. The molecule has 1 aromatic carbocycles. The Bertz CT molecular complexity index is 475. The van der Waals surface area contributed by atoms with Crippen LogP contribution in [-0.2, 0) is 6.54 Å². The topological polar surface area (TPSA) is 12.0 Å². The standard InChI is InChI=1S/C14H16BrNS/c1-10-7-8-17-14(10)9-16-11(2)12-3-5-13(15)6-4-12/h3-8,11,16H,9H2,1-2H3/t11-/m0/s1. The molecule has 1 nitrogen and oxygen atoms in total. The zero-order valence-electron chi connectivity index (χ0n) is 10.0. The molecule has 1 atom stereocenters.